The summed E-state index contributed by atoms with van der Waals surface area (Å²) in [4.78, 5) is 27.5. The van der Waals surface area contributed by atoms with Gasteiger partial charge < -0.3 is 15.3 Å². The summed E-state index contributed by atoms with van der Waals surface area (Å²) < 4.78 is 7.35. The fourth-order valence-electron chi connectivity index (χ4n) is 3.30. The summed E-state index contributed by atoms with van der Waals surface area (Å²) in [5, 5.41) is 14.9. The van der Waals surface area contributed by atoms with Gasteiger partial charge in [0.05, 0.1) is 6.20 Å². The molecule has 0 spiro atoms. The van der Waals surface area contributed by atoms with Crippen molar-refractivity contribution in [2.75, 3.05) is 12.8 Å². The molecule has 0 radical (unpaired) electrons. The van der Waals surface area contributed by atoms with Crippen molar-refractivity contribution in [1.82, 2.24) is 24.8 Å². The third kappa shape index (κ3) is 3.06. The lowest BCUT2D eigenvalue weighted by atomic mass is 10.00. The van der Waals surface area contributed by atoms with E-state index in [0.29, 0.717) is 11.1 Å². The maximum Gasteiger partial charge on any atom is 0.286 e. The maximum absolute atomic E-state index is 13.1. The average Bonchev–Trinajstić information content (AvgIpc) is 3.03. The molecule has 0 unspecified atom stereocenters. The topological polar surface area (TPSA) is 132 Å². The highest BCUT2D eigenvalue weighted by Crippen LogP contribution is 2.35. The normalized spacial score (nSPS) is 15.6. The largest absolute Gasteiger partial charge is 0.467 e. The second kappa shape index (κ2) is 7.04. The third-order valence-electron chi connectivity index (χ3n) is 4.82. The Bertz CT molecular complexity index is 1210. The quantitative estimate of drug-likeness (QED) is 0.602. The molecule has 3 heterocycles. The number of carbonyl (C=O) groups excluding carboxylic acids is 1. The Kier molecular flexibility index (Phi) is 4.50. The molecule has 3 aromatic rings. The van der Waals surface area contributed by atoms with E-state index in [4.69, 9.17) is 15.3 Å². The van der Waals surface area contributed by atoms with E-state index in [-0.39, 0.29) is 40.4 Å². The minimum atomic E-state index is -0.549. The molecule has 30 heavy (non-hydrogen) atoms. The standard InChI is InChI=1S/C20H19N7O3/c1-10-5-6-12-13(7-10)11(2)29-19-17(22)23-9-14(24-19)16-15(8-21)26(3)25-18(16)30-27(4)20(12)28/h5-7,9,11H,1-4H3,(H2,22,23)/t11-/m1/s1. The number of nitrogens with two attached hydrogens (primary N) is 1. The smallest absolute Gasteiger partial charge is 0.286 e. The Labute approximate surface area is 172 Å². The number of aromatic nitrogens is 4. The summed E-state index contributed by atoms with van der Waals surface area (Å²) >= 11 is 0. The Balaban J connectivity index is 1.98. The SMILES string of the molecule is Cc1ccc2c(c1)[C@@H](C)Oc1nc(cnc1N)-c1c(nn(C)c1C#N)ON(C)C2=O. The summed E-state index contributed by atoms with van der Waals surface area (Å²) in [5.41, 5.74) is 8.77. The minimum Gasteiger partial charge on any atom is -0.467 e. The number of nitriles is 1. The predicted octanol–water partition coefficient (Wildman–Crippen LogP) is 2.16. The lowest BCUT2D eigenvalue weighted by molar-refractivity contribution is -0.0174. The van der Waals surface area contributed by atoms with Crippen LogP contribution in [0.25, 0.3) is 11.3 Å². The fourth-order valence-corrected chi connectivity index (χ4v) is 3.30. The van der Waals surface area contributed by atoms with E-state index in [9.17, 15) is 10.1 Å². The van der Waals surface area contributed by atoms with Gasteiger partial charge in [0.25, 0.3) is 17.7 Å². The maximum atomic E-state index is 13.1. The van der Waals surface area contributed by atoms with Crippen LogP contribution in [0.4, 0.5) is 5.82 Å². The Morgan fingerprint density at radius 1 is 1.27 bits per heavy atom. The first-order valence-electron chi connectivity index (χ1n) is 9.13. The van der Waals surface area contributed by atoms with Gasteiger partial charge in [-0.25, -0.2) is 9.97 Å². The number of fused-ring (bicyclic) bond motifs is 5. The lowest BCUT2D eigenvalue weighted by Crippen LogP contribution is -2.32. The molecule has 1 aliphatic heterocycles. The summed E-state index contributed by atoms with van der Waals surface area (Å²) in [5.74, 6) is -0.172. The summed E-state index contributed by atoms with van der Waals surface area (Å²) in [6.07, 6.45) is 0.857. The van der Waals surface area contributed by atoms with Crippen LogP contribution >= 0.6 is 0 Å². The second-order valence-electron chi connectivity index (χ2n) is 6.95. The van der Waals surface area contributed by atoms with Crippen LogP contribution in [-0.2, 0) is 7.05 Å². The Hall–Kier alpha value is -4.13. The lowest BCUT2D eigenvalue weighted by Gasteiger charge is -2.23. The van der Waals surface area contributed by atoms with Crippen LogP contribution in [0.5, 0.6) is 11.8 Å². The first-order valence-corrected chi connectivity index (χ1v) is 9.13. The molecular formula is C20H19N7O3. The van der Waals surface area contributed by atoms with Crippen LogP contribution in [-0.4, -0.2) is 37.8 Å². The van der Waals surface area contributed by atoms with Crippen LogP contribution in [0.3, 0.4) is 0 Å². The van der Waals surface area contributed by atoms with E-state index in [1.807, 2.05) is 19.1 Å². The van der Waals surface area contributed by atoms with Crippen molar-refractivity contribution < 1.29 is 14.4 Å². The molecule has 1 aromatic carbocycles. The number of carbonyl (C=O) groups is 1. The van der Waals surface area contributed by atoms with Gasteiger partial charge >= 0.3 is 0 Å². The summed E-state index contributed by atoms with van der Waals surface area (Å²) in [6.45, 7) is 3.72. The van der Waals surface area contributed by atoms with Crippen molar-refractivity contribution in [3.8, 4) is 29.1 Å². The molecule has 10 heteroatoms. The van der Waals surface area contributed by atoms with Crippen molar-refractivity contribution in [3.05, 3.63) is 46.8 Å². The highest BCUT2D eigenvalue weighted by atomic mass is 16.7. The Morgan fingerprint density at radius 2 is 2.03 bits per heavy atom. The van der Waals surface area contributed by atoms with Crippen molar-refractivity contribution >= 4 is 11.7 Å². The van der Waals surface area contributed by atoms with Gasteiger partial charge in [-0.2, -0.15) is 10.3 Å². The number of hydrogen-bond donors (Lipinski definition) is 1. The van der Waals surface area contributed by atoms with E-state index < -0.39 is 6.10 Å². The highest BCUT2D eigenvalue weighted by molar-refractivity contribution is 5.95. The molecule has 0 saturated heterocycles. The van der Waals surface area contributed by atoms with Crippen LogP contribution in [0.15, 0.2) is 24.4 Å². The van der Waals surface area contributed by atoms with Gasteiger partial charge in [0.15, 0.2) is 11.5 Å². The molecule has 4 rings (SSSR count). The van der Waals surface area contributed by atoms with Gasteiger partial charge in [0.2, 0.25) is 0 Å². The number of hydroxylamine groups is 2. The molecule has 1 atom stereocenters. The van der Waals surface area contributed by atoms with Crippen molar-refractivity contribution in [2.45, 2.75) is 20.0 Å². The summed E-state index contributed by atoms with van der Waals surface area (Å²) in [6, 6.07) is 7.48. The van der Waals surface area contributed by atoms with Gasteiger partial charge in [0, 0.05) is 25.2 Å². The van der Waals surface area contributed by atoms with E-state index in [1.165, 1.54) is 17.9 Å². The molecule has 1 aliphatic rings. The average molecular weight is 405 g/mol. The molecule has 2 N–H and O–H groups in total. The van der Waals surface area contributed by atoms with Gasteiger partial charge in [-0.15, -0.1) is 5.10 Å². The van der Waals surface area contributed by atoms with Crippen molar-refractivity contribution in [2.24, 2.45) is 7.05 Å². The zero-order chi connectivity index (χ0) is 21.6. The zero-order valence-corrected chi connectivity index (χ0v) is 16.9. The molecule has 152 valence electrons. The molecule has 2 bridgehead atoms. The number of nitrogens with zero attached hydrogens (tertiary/aromatic N) is 6. The third-order valence-corrected chi connectivity index (χ3v) is 4.82. The molecular weight excluding hydrogens is 386 g/mol. The molecule has 1 amide bonds. The number of rotatable bonds is 0. The monoisotopic (exact) mass is 405 g/mol. The second-order valence-corrected chi connectivity index (χ2v) is 6.95. The van der Waals surface area contributed by atoms with Gasteiger partial charge in [-0.05, 0) is 19.9 Å². The molecule has 0 fully saturated rings. The number of hydrogen-bond acceptors (Lipinski definition) is 8. The van der Waals surface area contributed by atoms with Gasteiger partial charge in [-0.3, -0.25) is 9.48 Å². The predicted molar refractivity (Wildman–Crippen MR) is 106 cm³/mol. The molecule has 0 aliphatic carbocycles. The number of ether oxygens (including phenoxy) is 1. The number of benzene rings is 1. The van der Waals surface area contributed by atoms with E-state index in [0.717, 1.165) is 10.6 Å². The van der Waals surface area contributed by atoms with Crippen LogP contribution in [0, 0.1) is 18.3 Å². The number of nitrogen functional groups attached to an aromatic ring is 1. The van der Waals surface area contributed by atoms with E-state index >= 15 is 0 Å². The van der Waals surface area contributed by atoms with Crippen LogP contribution in [0.1, 0.15) is 40.2 Å². The first kappa shape index (κ1) is 19.2. The highest BCUT2D eigenvalue weighted by Gasteiger charge is 2.28. The summed E-state index contributed by atoms with van der Waals surface area (Å²) in [7, 11) is 3.07. The van der Waals surface area contributed by atoms with Crippen LogP contribution < -0.4 is 15.3 Å². The number of amides is 1. The van der Waals surface area contributed by atoms with Gasteiger partial charge in [-0.1, -0.05) is 17.7 Å². The number of aryl methyl sites for hydroxylation is 2. The van der Waals surface area contributed by atoms with Crippen molar-refractivity contribution in [3.63, 3.8) is 0 Å². The molecule has 2 aromatic heterocycles. The minimum absolute atomic E-state index is 0.0391. The van der Waals surface area contributed by atoms with Crippen LogP contribution in [0.2, 0.25) is 0 Å². The first-order chi connectivity index (χ1) is 14.3. The zero-order valence-electron chi connectivity index (χ0n) is 16.9. The Morgan fingerprint density at radius 3 is 2.77 bits per heavy atom. The van der Waals surface area contributed by atoms with Crippen molar-refractivity contribution in [1.29, 1.82) is 5.26 Å². The van der Waals surface area contributed by atoms with Gasteiger partial charge in [0.1, 0.15) is 23.4 Å². The number of anilines is 1. The van der Waals surface area contributed by atoms with E-state index in [1.54, 1.807) is 20.0 Å². The van der Waals surface area contributed by atoms with E-state index in [2.05, 4.69) is 21.1 Å². The fraction of sp³-hybridized carbons (Fsp3) is 0.250. The molecule has 10 nitrogen and oxygen atoms in total. The molecule has 0 saturated carbocycles.